The lowest BCUT2D eigenvalue weighted by Crippen LogP contribution is -2.51. The summed E-state index contributed by atoms with van der Waals surface area (Å²) >= 11 is 0. The van der Waals surface area contributed by atoms with Crippen LogP contribution in [-0.4, -0.2) is 42.5 Å². The summed E-state index contributed by atoms with van der Waals surface area (Å²) in [5.41, 5.74) is 4.07. The van der Waals surface area contributed by atoms with Crippen molar-refractivity contribution in [2.45, 2.75) is 39.7 Å². The van der Waals surface area contributed by atoms with Crippen molar-refractivity contribution in [1.82, 2.24) is 15.6 Å². The lowest BCUT2D eigenvalue weighted by molar-refractivity contribution is -0.133. The number of fused-ring (bicyclic) bond motifs is 2. The summed E-state index contributed by atoms with van der Waals surface area (Å²) in [5, 5.41) is 7.10. The molecule has 6 heteroatoms. The topological polar surface area (TPSA) is 77.2 Å². The van der Waals surface area contributed by atoms with Crippen LogP contribution < -0.4 is 15.5 Å². The van der Waals surface area contributed by atoms with Crippen LogP contribution in [0.15, 0.2) is 54.7 Å². The lowest BCUT2D eigenvalue weighted by atomic mass is 9.94. The third kappa shape index (κ3) is 4.79. The van der Waals surface area contributed by atoms with E-state index in [9.17, 15) is 9.59 Å². The van der Waals surface area contributed by atoms with Crippen LogP contribution in [0.25, 0.3) is 10.9 Å². The van der Waals surface area contributed by atoms with Crippen LogP contribution in [-0.2, 0) is 22.4 Å². The minimum absolute atomic E-state index is 0.133. The van der Waals surface area contributed by atoms with E-state index < -0.39 is 11.5 Å². The Labute approximate surface area is 189 Å². The van der Waals surface area contributed by atoms with E-state index in [1.165, 1.54) is 11.3 Å². The summed E-state index contributed by atoms with van der Waals surface area (Å²) in [6.45, 7) is 7.81. The molecule has 2 aromatic carbocycles. The summed E-state index contributed by atoms with van der Waals surface area (Å²) in [4.78, 5) is 31.4. The summed E-state index contributed by atoms with van der Waals surface area (Å²) in [6.07, 6.45) is 3.40. The van der Waals surface area contributed by atoms with Gasteiger partial charge in [-0.05, 0) is 29.7 Å². The highest BCUT2D eigenvalue weighted by Gasteiger charge is 2.28. The molecule has 1 aliphatic rings. The number of rotatable bonds is 7. The van der Waals surface area contributed by atoms with Gasteiger partial charge in [0, 0.05) is 54.3 Å². The number of benzene rings is 2. The zero-order chi connectivity index (χ0) is 22.7. The van der Waals surface area contributed by atoms with Gasteiger partial charge in [0.15, 0.2) is 0 Å². The quantitative estimate of drug-likeness (QED) is 0.535. The molecule has 1 unspecified atom stereocenters. The first-order valence-electron chi connectivity index (χ1n) is 11.3. The molecular weight excluding hydrogens is 400 g/mol. The number of hydrogen-bond donors (Lipinski definition) is 3. The summed E-state index contributed by atoms with van der Waals surface area (Å²) in [7, 11) is 0. The Hall–Kier alpha value is -3.28. The molecule has 0 radical (unpaired) electrons. The fourth-order valence-corrected chi connectivity index (χ4v) is 4.18. The number of aromatic amines is 1. The molecule has 1 aromatic heterocycles. The van der Waals surface area contributed by atoms with Crippen LogP contribution >= 0.6 is 0 Å². The molecule has 6 nitrogen and oxygen atoms in total. The Balaban J connectivity index is 1.43. The largest absolute Gasteiger partial charge is 0.369 e. The molecule has 1 aliphatic heterocycles. The second-order valence-corrected chi connectivity index (χ2v) is 9.50. The molecule has 0 saturated heterocycles. The zero-order valence-corrected chi connectivity index (χ0v) is 19.1. The van der Waals surface area contributed by atoms with Crippen molar-refractivity contribution < 1.29 is 9.59 Å². The number of para-hydroxylation sites is 2. The van der Waals surface area contributed by atoms with E-state index in [1.807, 2.05) is 51.2 Å². The molecule has 0 spiro atoms. The van der Waals surface area contributed by atoms with Gasteiger partial charge >= 0.3 is 0 Å². The molecule has 0 fully saturated rings. The Morgan fingerprint density at radius 1 is 1.09 bits per heavy atom. The predicted molar refractivity (Wildman–Crippen MR) is 129 cm³/mol. The minimum Gasteiger partial charge on any atom is -0.369 e. The maximum Gasteiger partial charge on any atom is 0.242 e. The molecule has 3 N–H and O–H groups in total. The maximum absolute atomic E-state index is 13.1. The molecular formula is C26H32N4O2. The van der Waals surface area contributed by atoms with Crippen LogP contribution in [0.2, 0.25) is 0 Å². The van der Waals surface area contributed by atoms with E-state index in [0.29, 0.717) is 13.0 Å². The van der Waals surface area contributed by atoms with Gasteiger partial charge in [0.2, 0.25) is 11.8 Å². The number of carbonyl (C=O) groups is 2. The molecule has 1 atom stereocenters. The molecule has 0 saturated carbocycles. The van der Waals surface area contributed by atoms with Crippen LogP contribution in [0.5, 0.6) is 0 Å². The van der Waals surface area contributed by atoms with E-state index in [-0.39, 0.29) is 11.8 Å². The molecule has 4 rings (SSSR count). The number of anilines is 1. The number of nitrogens with one attached hydrogen (secondary N) is 3. The van der Waals surface area contributed by atoms with Gasteiger partial charge in [0.25, 0.3) is 0 Å². The number of hydrogen-bond acceptors (Lipinski definition) is 3. The second-order valence-electron chi connectivity index (χ2n) is 9.50. The first kappa shape index (κ1) is 21.9. The highest BCUT2D eigenvalue weighted by molar-refractivity contribution is 5.91. The lowest BCUT2D eigenvalue weighted by Gasteiger charge is -2.25. The highest BCUT2D eigenvalue weighted by Crippen LogP contribution is 2.26. The monoisotopic (exact) mass is 432 g/mol. The number of H-pyrrole nitrogens is 1. The van der Waals surface area contributed by atoms with Gasteiger partial charge in [0.05, 0.1) is 0 Å². The van der Waals surface area contributed by atoms with Gasteiger partial charge in [-0.2, -0.15) is 0 Å². The highest BCUT2D eigenvalue weighted by atomic mass is 16.2. The van der Waals surface area contributed by atoms with Crippen LogP contribution in [0, 0.1) is 5.41 Å². The molecule has 168 valence electrons. The number of carbonyl (C=O) groups excluding carboxylic acids is 2. The predicted octanol–water partition coefficient (Wildman–Crippen LogP) is 3.42. The third-order valence-corrected chi connectivity index (χ3v) is 6.07. The van der Waals surface area contributed by atoms with E-state index >= 15 is 0 Å². The van der Waals surface area contributed by atoms with Gasteiger partial charge < -0.3 is 20.5 Å². The average molecular weight is 433 g/mol. The van der Waals surface area contributed by atoms with Crippen molar-refractivity contribution in [1.29, 1.82) is 0 Å². The van der Waals surface area contributed by atoms with E-state index in [0.717, 1.165) is 36.0 Å². The maximum atomic E-state index is 13.1. The van der Waals surface area contributed by atoms with Crippen molar-refractivity contribution >= 4 is 28.4 Å². The van der Waals surface area contributed by atoms with Crippen molar-refractivity contribution in [2.75, 3.05) is 24.5 Å². The molecule has 2 heterocycles. The normalized spacial score (nSPS) is 14.3. The Morgan fingerprint density at radius 3 is 2.66 bits per heavy atom. The molecule has 3 aromatic rings. The number of nitrogens with zero attached hydrogens (tertiary/aromatic N) is 1. The first-order valence-corrected chi connectivity index (χ1v) is 11.3. The van der Waals surface area contributed by atoms with Gasteiger partial charge in [-0.3, -0.25) is 9.59 Å². The van der Waals surface area contributed by atoms with Crippen molar-refractivity contribution in [3.05, 3.63) is 65.9 Å². The average Bonchev–Trinajstić information content (AvgIpc) is 3.37. The Bertz CT molecular complexity index is 1110. The smallest absolute Gasteiger partial charge is 0.242 e. The second kappa shape index (κ2) is 9.07. The van der Waals surface area contributed by atoms with Gasteiger partial charge in [-0.1, -0.05) is 57.2 Å². The molecule has 0 bridgehead atoms. The summed E-state index contributed by atoms with van der Waals surface area (Å²) < 4.78 is 0. The van der Waals surface area contributed by atoms with Gasteiger partial charge in [-0.15, -0.1) is 0 Å². The van der Waals surface area contributed by atoms with E-state index in [1.54, 1.807) is 0 Å². The standard InChI is InChI=1S/C26H32N4O2/c1-26(2,3)25(32)29-22(16-19-17-28-21-10-6-5-9-20(19)21)24(31)27-13-15-30-14-12-18-8-4-7-11-23(18)30/h4-11,17,22,28H,12-16H2,1-3H3,(H,27,31)(H,29,32). The van der Waals surface area contributed by atoms with Crippen LogP contribution in [0.3, 0.4) is 0 Å². The van der Waals surface area contributed by atoms with E-state index in [2.05, 4.69) is 44.8 Å². The number of aromatic nitrogens is 1. The van der Waals surface area contributed by atoms with Crippen molar-refractivity contribution in [3.63, 3.8) is 0 Å². The molecule has 2 amide bonds. The minimum atomic E-state index is -0.633. The van der Waals surface area contributed by atoms with Crippen LogP contribution in [0.1, 0.15) is 31.9 Å². The van der Waals surface area contributed by atoms with Crippen molar-refractivity contribution in [3.8, 4) is 0 Å². The summed E-state index contributed by atoms with van der Waals surface area (Å²) in [6, 6.07) is 15.8. The zero-order valence-electron chi connectivity index (χ0n) is 19.1. The fourth-order valence-electron chi connectivity index (χ4n) is 4.18. The first-order chi connectivity index (χ1) is 15.3. The van der Waals surface area contributed by atoms with Gasteiger partial charge in [0.1, 0.15) is 6.04 Å². The molecule has 32 heavy (non-hydrogen) atoms. The summed E-state index contributed by atoms with van der Waals surface area (Å²) in [5.74, 6) is -0.286. The van der Waals surface area contributed by atoms with Crippen LogP contribution in [0.4, 0.5) is 5.69 Å². The SMILES string of the molecule is CC(C)(C)C(=O)NC(Cc1c[nH]c2ccccc12)C(=O)NCCN1CCc2ccccc21. The Kier molecular flexibility index (Phi) is 6.21. The van der Waals surface area contributed by atoms with E-state index in [4.69, 9.17) is 0 Å². The Morgan fingerprint density at radius 2 is 1.84 bits per heavy atom. The third-order valence-electron chi connectivity index (χ3n) is 6.07. The molecule has 0 aliphatic carbocycles. The van der Waals surface area contributed by atoms with Gasteiger partial charge in [-0.25, -0.2) is 0 Å². The van der Waals surface area contributed by atoms with Crippen molar-refractivity contribution in [2.24, 2.45) is 5.41 Å². The number of amides is 2. The fraction of sp³-hybridized carbons (Fsp3) is 0.385.